The summed E-state index contributed by atoms with van der Waals surface area (Å²) in [5.41, 5.74) is 0.642. The minimum Gasteiger partial charge on any atom is -0.408 e. The average Bonchev–Trinajstić information content (AvgIpc) is 2.90. The first kappa shape index (κ1) is 17.8. The summed E-state index contributed by atoms with van der Waals surface area (Å²) in [7, 11) is 0. The van der Waals surface area contributed by atoms with Crippen LogP contribution in [0.1, 0.15) is 18.4 Å². The molecule has 0 spiro atoms. The Kier molecular flexibility index (Phi) is 4.83. The number of carbonyl (C=O) groups is 1. The Hall–Kier alpha value is -3.03. The number of benzene rings is 2. The van der Waals surface area contributed by atoms with E-state index in [4.69, 9.17) is 4.42 Å². The quantitative estimate of drug-likeness (QED) is 0.743. The van der Waals surface area contributed by atoms with Gasteiger partial charge in [0.2, 0.25) is 5.91 Å². The Labute approximate surface area is 146 Å². The first-order valence-corrected chi connectivity index (χ1v) is 7.90. The van der Waals surface area contributed by atoms with Crippen LogP contribution in [0.5, 0.6) is 0 Å². The topological polar surface area (TPSA) is 64.2 Å². The summed E-state index contributed by atoms with van der Waals surface area (Å²) < 4.78 is 44.1. The fraction of sp³-hybridized carbons (Fsp3) is 0.222. The molecule has 8 heteroatoms. The number of oxazole rings is 1. The van der Waals surface area contributed by atoms with Crippen LogP contribution in [0.2, 0.25) is 0 Å². The number of hydrogen-bond donors (Lipinski definition) is 1. The van der Waals surface area contributed by atoms with Crippen molar-refractivity contribution in [2.45, 2.75) is 25.6 Å². The zero-order chi connectivity index (χ0) is 18.7. The Balaban J connectivity index is 1.56. The van der Waals surface area contributed by atoms with Crippen LogP contribution in [-0.2, 0) is 17.5 Å². The van der Waals surface area contributed by atoms with E-state index in [-0.39, 0.29) is 18.0 Å². The van der Waals surface area contributed by atoms with Gasteiger partial charge in [0.25, 0.3) is 0 Å². The van der Waals surface area contributed by atoms with Crippen LogP contribution in [0, 0.1) is 0 Å². The highest BCUT2D eigenvalue weighted by Gasteiger charge is 2.29. The van der Waals surface area contributed by atoms with Gasteiger partial charge in [0.05, 0.1) is 11.1 Å². The molecule has 0 aliphatic rings. The number of hydrogen-bond acceptors (Lipinski definition) is 3. The van der Waals surface area contributed by atoms with Crippen molar-refractivity contribution in [1.82, 2.24) is 4.57 Å². The molecule has 0 aliphatic heterocycles. The highest BCUT2D eigenvalue weighted by molar-refractivity contribution is 5.90. The minimum atomic E-state index is -4.41. The number of nitrogens with one attached hydrogen (secondary N) is 1. The fourth-order valence-corrected chi connectivity index (χ4v) is 2.59. The first-order chi connectivity index (χ1) is 12.3. The summed E-state index contributed by atoms with van der Waals surface area (Å²) >= 11 is 0. The van der Waals surface area contributed by atoms with Crippen LogP contribution in [0.3, 0.4) is 0 Å². The van der Waals surface area contributed by atoms with Crippen molar-refractivity contribution in [3.63, 3.8) is 0 Å². The van der Waals surface area contributed by atoms with Crippen molar-refractivity contribution in [2.75, 3.05) is 5.32 Å². The molecule has 1 aromatic heterocycles. The van der Waals surface area contributed by atoms with Crippen molar-refractivity contribution < 1.29 is 22.4 Å². The lowest BCUT2D eigenvalue weighted by Crippen LogP contribution is -2.17. The van der Waals surface area contributed by atoms with Gasteiger partial charge in [0, 0.05) is 18.7 Å². The van der Waals surface area contributed by atoms with Gasteiger partial charge in [-0.3, -0.25) is 9.36 Å². The zero-order valence-corrected chi connectivity index (χ0v) is 13.5. The molecule has 0 aliphatic carbocycles. The van der Waals surface area contributed by atoms with Crippen molar-refractivity contribution >= 4 is 22.7 Å². The van der Waals surface area contributed by atoms with Gasteiger partial charge in [-0.2, -0.15) is 13.2 Å². The van der Waals surface area contributed by atoms with Crippen LogP contribution in [0.15, 0.2) is 57.7 Å². The van der Waals surface area contributed by atoms with E-state index in [0.29, 0.717) is 24.1 Å². The second kappa shape index (κ2) is 7.07. The van der Waals surface area contributed by atoms with Crippen LogP contribution in [0.4, 0.5) is 18.9 Å². The second-order valence-corrected chi connectivity index (χ2v) is 5.71. The predicted molar refractivity (Wildman–Crippen MR) is 89.8 cm³/mol. The lowest BCUT2D eigenvalue weighted by molar-refractivity contribution is -0.137. The van der Waals surface area contributed by atoms with E-state index < -0.39 is 17.5 Å². The normalized spacial score (nSPS) is 11.7. The third-order valence-corrected chi connectivity index (χ3v) is 3.86. The lowest BCUT2D eigenvalue weighted by Gasteiger charge is -2.09. The maximum atomic E-state index is 12.5. The minimum absolute atomic E-state index is 0.118. The van der Waals surface area contributed by atoms with Gasteiger partial charge in [0.15, 0.2) is 5.58 Å². The molecule has 0 bridgehead atoms. The number of carbonyl (C=O) groups excluding carboxylic acids is 1. The number of anilines is 1. The Morgan fingerprint density at radius 1 is 1.08 bits per heavy atom. The first-order valence-electron chi connectivity index (χ1n) is 7.90. The molecule has 1 amide bonds. The van der Waals surface area contributed by atoms with Crippen molar-refractivity contribution in [1.29, 1.82) is 0 Å². The monoisotopic (exact) mass is 364 g/mol. The molecule has 0 saturated carbocycles. The lowest BCUT2D eigenvalue weighted by atomic mass is 10.2. The third-order valence-electron chi connectivity index (χ3n) is 3.86. The molecule has 5 nitrogen and oxygen atoms in total. The van der Waals surface area contributed by atoms with Crippen LogP contribution in [-0.4, -0.2) is 10.5 Å². The smallest absolute Gasteiger partial charge is 0.408 e. The zero-order valence-electron chi connectivity index (χ0n) is 13.5. The summed E-state index contributed by atoms with van der Waals surface area (Å²) in [6.45, 7) is 0.302. The van der Waals surface area contributed by atoms with E-state index >= 15 is 0 Å². The number of aromatic nitrogens is 1. The molecular weight excluding hydrogens is 349 g/mol. The molecule has 0 radical (unpaired) electrons. The van der Waals surface area contributed by atoms with Gasteiger partial charge in [-0.05, 0) is 42.8 Å². The number of rotatable bonds is 5. The number of halogens is 3. The SMILES string of the molecule is O=C(CCCn1c(=O)oc2ccccc21)Nc1ccc(C(F)(F)F)cc1. The maximum Gasteiger partial charge on any atom is 0.419 e. The van der Waals surface area contributed by atoms with Crippen LogP contribution < -0.4 is 11.1 Å². The molecule has 3 aromatic rings. The molecule has 3 rings (SSSR count). The highest BCUT2D eigenvalue weighted by Crippen LogP contribution is 2.29. The number of fused-ring (bicyclic) bond motifs is 1. The maximum absolute atomic E-state index is 12.5. The number of alkyl halides is 3. The number of nitrogens with zero attached hydrogens (tertiary/aromatic N) is 1. The number of para-hydroxylation sites is 2. The molecule has 1 N–H and O–H groups in total. The standard InChI is InChI=1S/C18H15F3N2O3/c19-18(20,21)12-7-9-13(10-8-12)22-16(24)6-3-11-23-14-4-1-2-5-15(14)26-17(23)25/h1-2,4-5,7-10H,3,6,11H2,(H,22,24). The Bertz CT molecular complexity index is 972. The van der Waals surface area contributed by atoms with Crippen LogP contribution >= 0.6 is 0 Å². The van der Waals surface area contributed by atoms with Gasteiger partial charge >= 0.3 is 11.9 Å². The van der Waals surface area contributed by atoms with Crippen molar-refractivity contribution in [2.24, 2.45) is 0 Å². The summed E-state index contributed by atoms with van der Waals surface area (Å²) in [5.74, 6) is -0.833. The van der Waals surface area contributed by atoms with E-state index in [1.165, 1.54) is 16.7 Å². The Morgan fingerprint density at radius 3 is 2.46 bits per heavy atom. The van der Waals surface area contributed by atoms with E-state index in [1.807, 2.05) is 0 Å². The summed E-state index contributed by atoms with van der Waals surface area (Å²) in [6.07, 6.45) is -3.91. The van der Waals surface area contributed by atoms with Gasteiger partial charge in [-0.1, -0.05) is 12.1 Å². The second-order valence-electron chi connectivity index (χ2n) is 5.71. The summed E-state index contributed by atoms with van der Waals surface area (Å²) in [5, 5.41) is 2.54. The summed E-state index contributed by atoms with van der Waals surface area (Å²) in [4.78, 5) is 23.7. The van der Waals surface area contributed by atoms with E-state index in [1.54, 1.807) is 24.3 Å². The van der Waals surface area contributed by atoms with Gasteiger partial charge in [-0.25, -0.2) is 4.79 Å². The van der Waals surface area contributed by atoms with E-state index in [9.17, 15) is 22.8 Å². The van der Waals surface area contributed by atoms with Crippen molar-refractivity contribution in [3.8, 4) is 0 Å². The molecule has 136 valence electrons. The largest absolute Gasteiger partial charge is 0.419 e. The van der Waals surface area contributed by atoms with Gasteiger partial charge in [0.1, 0.15) is 0 Å². The van der Waals surface area contributed by atoms with Gasteiger partial charge in [-0.15, -0.1) is 0 Å². The molecule has 1 heterocycles. The van der Waals surface area contributed by atoms with E-state index in [0.717, 1.165) is 12.1 Å². The van der Waals surface area contributed by atoms with Crippen LogP contribution in [0.25, 0.3) is 11.1 Å². The highest BCUT2D eigenvalue weighted by atomic mass is 19.4. The van der Waals surface area contributed by atoms with Crippen molar-refractivity contribution in [3.05, 3.63) is 64.6 Å². The Morgan fingerprint density at radius 2 is 1.77 bits per heavy atom. The van der Waals surface area contributed by atoms with Gasteiger partial charge < -0.3 is 9.73 Å². The van der Waals surface area contributed by atoms with E-state index in [2.05, 4.69) is 5.32 Å². The molecular formula is C18H15F3N2O3. The fourth-order valence-electron chi connectivity index (χ4n) is 2.59. The summed E-state index contributed by atoms with van der Waals surface area (Å²) in [6, 6.07) is 11.2. The molecule has 0 unspecified atom stereocenters. The molecule has 0 atom stereocenters. The molecule has 26 heavy (non-hydrogen) atoms. The molecule has 2 aromatic carbocycles. The predicted octanol–water partition coefficient (Wildman–Crippen LogP) is 4.03. The number of aryl methyl sites for hydroxylation is 1. The third kappa shape index (κ3) is 3.96. The average molecular weight is 364 g/mol. The number of amides is 1. The molecule has 0 fully saturated rings. The molecule has 0 saturated heterocycles.